The van der Waals surface area contributed by atoms with Gasteiger partial charge >= 0.3 is 0 Å². The lowest BCUT2D eigenvalue weighted by atomic mass is 10.2. The third-order valence-corrected chi connectivity index (χ3v) is 4.89. The lowest BCUT2D eigenvalue weighted by Crippen LogP contribution is -2.18. The highest BCUT2D eigenvalue weighted by molar-refractivity contribution is 9.10. The Morgan fingerprint density at radius 3 is 2.74 bits per heavy atom. The fraction of sp³-hybridized carbons (Fsp3) is 0.364. The van der Waals surface area contributed by atoms with Crippen LogP contribution in [0, 0.1) is 5.92 Å². The second kappa shape index (κ2) is 5.38. The smallest absolute Gasteiger partial charge is 0.233 e. The van der Waals surface area contributed by atoms with Gasteiger partial charge in [0.25, 0.3) is 0 Å². The van der Waals surface area contributed by atoms with Gasteiger partial charge in [0.05, 0.1) is 11.4 Å². The maximum atomic E-state index is 11.9. The second-order valence-corrected chi connectivity index (χ2v) is 7.13. The van der Waals surface area contributed by atoms with Gasteiger partial charge in [-0.15, -0.1) is 0 Å². The van der Waals surface area contributed by atoms with Crippen molar-refractivity contribution in [2.45, 2.75) is 12.8 Å². The first-order chi connectivity index (χ1) is 8.91. The number of nitrogens with two attached hydrogens (primary N) is 1. The summed E-state index contributed by atoms with van der Waals surface area (Å²) in [6.45, 7) is 0. The average molecular weight is 348 g/mol. The van der Waals surface area contributed by atoms with Gasteiger partial charge < -0.3 is 10.9 Å². The van der Waals surface area contributed by atoms with E-state index in [9.17, 15) is 8.42 Å². The highest BCUT2D eigenvalue weighted by atomic mass is 79.9. The number of amidine groups is 1. The number of halogens is 1. The number of hydrogen-bond acceptors (Lipinski definition) is 4. The largest absolute Gasteiger partial charge is 0.409 e. The van der Waals surface area contributed by atoms with E-state index in [1.807, 2.05) is 0 Å². The zero-order chi connectivity index (χ0) is 14.0. The van der Waals surface area contributed by atoms with Crippen molar-refractivity contribution in [1.29, 1.82) is 0 Å². The summed E-state index contributed by atoms with van der Waals surface area (Å²) in [6.07, 6.45) is 1.95. The SMILES string of the molecule is N/C(=N/O)c1ccc(NS(=O)(=O)CC2CC2)c(Br)c1. The number of oxime groups is 1. The van der Waals surface area contributed by atoms with Crippen LogP contribution in [0.4, 0.5) is 5.69 Å². The fourth-order valence-corrected chi connectivity index (χ4v) is 3.78. The molecule has 1 aromatic rings. The quantitative estimate of drug-likeness (QED) is 0.326. The molecular formula is C11H14BrN3O3S. The summed E-state index contributed by atoms with van der Waals surface area (Å²) in [5.74, 6) is 0.405. The second-order valence-electron chi connectivity index (χ2n) is 4.51. The van der Waals surface area contributed by atoms with E-state index in [1.54, 1.807) is 18.2 Å². The van der Waals surface area contributed by atoms with Crippen molar-refractivity contribution in [1.82, 2.24) is 0 Å². The molecule has 0 aliphatic heterocycles. The van der Waals surface area contributed by atoms with Crippen LogP contribution in [0.3, 0.4) is 0 Å². The van der Waals surface area contributed by atoms with E-state index in [0.717, 1.165) is 12.8 Å². The van der Waals surface area contributed by atoms with Crippen molar-refractivity contribution in [3.05, 3.63) is 28.2 Å². The number of nitrogens with zero attached hydrogens (tertiary/aromatic N) is 1. The molecule has 104 valence electrons. The Labute approximate surface area is 119 Å². The molecular weight excluding hydrogens is 334 g/mol. The predicted molar refractivity (Wildman–Crippen MR) is 76.8 cm³/mol. The standard InChI is InChI=1S/C11H14BrN3O3S/c12-9-5-8(11(13)14-16)3-4-10(9)15-19(17,18)6-7-1-2-7/h3-5,7,15-16H,1-2,6H2,(H2,13,14). The zero-order valence-electron chi connectivity index (χ0n) is 10.0. The minimum Gasteiger partial charge on any atom is -0.409 e. The molecule has 0 radical (unpaired) electrons. The number of hydrogen-bond donors (Lipinski definition) is 3. The van der Waals surface area contributed by atoms with E-state index in [1.165, 1.54) is 0 Å². The lowest BCUT2D eigenvalue weighted by Gasteiger charge is -2.10. The summed E-state index contributed by atoms with van der Waals surface area (Å²) in [7, 11) is -3.32. The predicted octanol–water partition coefficient (Wildman–Crippen LogP) is 1.70. The maximum absolute atomic E-state index is 11.9. The Bertz CT molecular complexity index is 612. The molecule has 0 aromatic heterocycles. The van der Waals surface area contributed by atoms with Gasteiger partial charge in [0, 0.05) is 10.0 Å². The summed E-state index contributed by atoms with van der Waals surface area (Å²) < 4.78 is 26.8. The molecule has 0 heterocycles. The minimum atomic E-state index is -3.32. The minimum absolute atomic E-state index is 0.0342. The topological polar surface area (TPSA) is 105 Å². The third kappa shape index (κ3) is 3.84. The molecule has 2 rings (SSSR count). The van der Waals surface area contributed by atoms with Crippen LogP contribution in [0.1, 0.15) is 18.4 Å². The molecule has 1 saturated carbocycles. The van der Waals surface area contributed by atoms with Crippen molar-refractivity contribution in [3.63, 3.8) is 0 Å². The molecule has 1 fully saturated rings. The molecule has 6 nitrogen and oxygen atoms in total. The highest BCUT2D eigenvalue weighted by Crippen LogP contribution is 2.31. The van der Waals surface area contributed by atoms with E-state index in [4.69, 9.17) is 10.9 Å². The summed E-state index contributed by atoms with van der Waals surface area (Å²) in [5, 5.41) is 11.5. The first kappa shape index (κ1) is 14.1. The van der Waals surface area contributed by atoms with Gasteiger partial charge in [0.1, 0.15) is 0 Å². The zero-order valence-corrected chi connectivity index (χ0v) is 12.4. The van der Waals surface area contributed by atoms with Crippen molar-refractivity contribution in [2.24, 2.45) is 16.8 Å². The monoisotopic (exact) mass is 347 g/mol. The Morgan fingerprint density at radius 1 is 1.53 bits per heavy atom. The summed E-state index contributed by atoms with van der Waals surface area (Å²) in [4.78, 5) is 0. The van der Waals surface area contributed by atoms with Gasteiger partial charge in [-0.25, -0.2) is 8.42 Å². The third-order valence-electron chi connectivity index (χ3n) is 2.79. The van der Waals surface area contributed by atoms with Crippen molar-refractivity contribution < 1.29 is 13.6 Å². The highest BCUT2D eigenvalue weighted by Gasteiger charge is 2.28. The van der Waals surface area contributed by atoms with Gasteiger partial charge in [-0.3, -0.25) is 4.72 Å². The molecule has 19 heavy (non-hydrogen) atoms. The van der Waals surface area contributed by atoms with E-state index in [2.05, 4.69) is 25.8 Å². The summed E-state index contributed by atoms with van der Waals surface area (Å²) in [5.41, 5.74) is 6.39. The summed E-state index contributed by atoms with van der Waals surface area (Å²) in [6, 6.07) is 4.74. The van der Waals surface area contributed by atoms with Crippen LogP contribution in [-0.4, -0.2) is 25.2 Å². The molecule has 0 saturated heterocycles. The molecule has 0 amide bonds. The Kier molecular flexibility index (Phi) is 4.00. The number of benzene rings is 1. The van der Waals surface area contributed by atoms with Crippen LogP contribution >= 0.6 is 15.9 Å². The Morgan fingerprint density at radius 2 is 2.21 bits per heavy atom. The van der Waals surface area contributed by atoms with Gasteiger partial charge in [0.15, 0.2) is 5.84 Å². The van der Waals surface area contributed by atoms with Crippen molar-refractivity contribution in [3.8, 4) is 0 Å². The van der Waals surface area contributed by atoms with E-state index >= 15 is 0 Å². The number of rotatable bonds is 5. The molecule has 0 bridgehead atoms. The maximum Gasteiger partial charge on any atom is 0.233 e. The van der Waals surface area contributed by atoms with Crippen molar-refractivity contribution >= 4 is 37.5 Å². The molecule has 0 atom stereocenters. The van der Waals surface area contributed by atoms with Crippen LogP contribution in [0.15, 0.2) is 27.8 Å². The first-order valence-corrected chi connectivity index (χ1v) is 8.14. The molecule has 4 N–H and O–H groups in total. The first-order valence-electron chi connectivity index (χ1n) is 5.69. The molecule has 0 unspecified atom stereocenters. The average Bonchev–Trinajstić information content (AvgIpc) is 3.13. The van der Waals surface area contributed by atoms with Crippen LogP contribution in [0.25, 0.3) is 0 Å². The Hall–Kier alpha value is -1.28. The van der Waals surface area contributed by atoms with Gasteiger partial charge in [-0.05, 0) is 52.9 Å². The van der Waals surface area contributed by atoms with Crippen LogP contribution in [0.2, 0.25) is 0 Å². The van der Waals surface area contributed by atoms with E-state index < -0.39 is 10.0 Å². The number of anilines is 1. The molecule has 1 aliphatic rings. The van der Waals surface area contributed by atoms with Crippen molar-refractivity contribution in [2.75, 3.05) is 10.5 Å². The van der Waals surface area contributed by atoms with Crippen LogP contribution in [0.5, 0.6) is 0 Å². The van der Waals surface area contributed by atoms with Gasteiger partial charge in [0.2, 0.25) is 10.0 Å². The van der Waals surface area contributed by atoms with Crippen LogP contribution < -0.4 is 10.5 Å². The van der Waals surface area contributed by atoms with E-state index in [0.29, 0.717) is 15.7 Å². The van der Waals surface area contributed by atoms with Crippen LogP contribution in [-0.2, 0) is 10.0 Å². The molecule has 1 aromatic carbocycles. The number of sulfonamides is 1. The lowest BCUT2D eigenvalue weighted by molar-refractivity contribution is 0.318. The summed E-state index contributed by atoms with van der Waals surface area (Å²) >= 11 is 3.26. The Balaban J connectivity index is 2.17. The molecule has 0 spiro atoms. The van der Waals surface area contributed by atoms with Gasteiger partial charge in [-0.1, -0.05) is 5.16 Å². The molecule has 1 aliphatic carbocycles. The fourth-order valence-electron chi connectivity index (χ4n) is 1.62. The normalized spacial score (nSPS) is 16.4. The van der Waals surface area contributed by atoms with Gasteiger partial charge in [-0.2, -0.15) is 0 Å². The molecule has 8 heteroatoms. The van der Waals surface area contributed by atoms with E-state index in [-0.39, 0.29) is 17.5 Å². The number of nitrogens with one attached hydrogen (secondary N) is 1.